The molecule has 0 radical (unpaired) electrons. The number of aromatic nitrogens is 2. The molecule has 2 atom stereocenters. The molecule has 0 aliphatic carbocycles. The van der Waals surface area contributed by atoms with Crippen LogP contribution in [-0.4, -0.2) is 28.8 Å². The van der Waals surface area contributed by atoms with E-state index in [1.165, 1.54) is 6.42 Å². The van der Waals surface area contributed by atoms with E-state index in [1.807, 2.05) is 6.92 Å². The first kappa shape index (κ1) is 10.4. The maximum absolute atomic E-state index is 5.77. The van der Waals surface area contributed by atoms with Crippen LogP contribution in [0.3, 0.4) is 0 Å². The first-order chi connectivity index (χ1) is 7.22. The van der Waals surface area contributed by atoms with Crippen LogP contribution in [0.4, 0.5) is 6.01 Å². The van der Waals surface area contributed by atoms with Gasteiger partial charge in [0.05, 0.1) is 0 Å². The largest absolute Gasteiger partial charge is 0.328 e. The second-order valence-electron chi connectivity index (χ2n) is 4.20. The molecule has 0 saturated carbocycles. The summed E-state index contributed by atoms with van der Waals surface area (Å²) in [6.07, 6.45) is 3.51. The fourth-order valence-electron chi connectivity index (χ4n) is 2.25. The topological polar surface area (TPSA) is 68.2 Å². The second-order valence-corrected chi connectivity index (χ2v) is 4.20. The Bertz CT molecular complexity index is 325. The number of piperidine rings is 1. The SMILES string of the molecule is Cc1noc(N2C(C)CCCC2CN)n1. The van der Waals surface area contributed by atoms with Gasteiger partial charge in [-0.1, -0.05) is 5.16 Å². The lowest BCUT2D eigenvalue weighted by atomic mass is 9.97. The highest BCUT2D eigenvalue weighted by atomic mass is 16.5. The van der Waals surface area contributed by atoms with E-state index in [0.717, 1.165) is 12.8 Å². The zero-order valence-electron chi connectivity index (χ0n) is 9.31. The van der Waals surface area contributed by atoms with E-state index in [-0.39, 0.29) is 0 Å². The van der Waals surface area contributed by atoms with Gasteiger partial charge in [0.1, 0.15) is 0 Å². The zero-order chi connectivity index (χ0) is 10.8. The summed E-state index contributed by atoms with van der Waals surface area (Å²) >= 11 is 0. The molecule has 1 aliphatic heterocycles. The summed E-state index contributed by atoms with van der Waals surface area (Å²) in [5.41, 5.74) is 5.77. The van der Waals surface area contributed by atoms with Crippen LogP contribution in [0.25, 0.3) is 0 Å². The highest BCUT2D eigenvalue weighted by molar-refractivity contribution is 5.30. The molecule has 84 valence electrons. The predicted molar refractivity (Wildman–Crippen MR) is 57.7 cm³/mol. The Morgan fingerprint density at radius 2 is 2.33 bits per heavy atom. The minimum atomic E-state index is 0.341. The Morgan fingerprint density at radius 3 is 2.93 bits per heavy atom. The molecule has 0 spiro atoms. The van der Waals surface area contributed by atoms with Gasteiger partial charge in [-0.05, 0) is 33.1 Å². The summed E-state index contributed by atoms with van der Waals surface area (Å²) in [6, 6.07) is 1.40. The number of hydrogen-bond donors (Lipinski definition) is 1. The van der Waals surface area contributed by atoms with Crippen LogP contribution < -0.4 is 10.6 Å². The fourth-order valence-corrected chi connectivity index (χ4v) is 2.25. The van der Waals surface area contributed by atoms with Crippen molar-refractivity contribution < 1.29 is 4.52 Å². The van der Waals surface area contributed by atoms with Crippen molar-refractivity contribution >= 4 is 6.01 Å². The zero-order valence-corrected chi connectivity index (χ0v) is 9.31. The number of anilines is 1. The van der Waals surface area contributed by atoms with Crippen LogP contribution in [-0.2, 0) is 0 Å². The van der Waals surface area contributed by atoms with Crippen molar-refractivity contribution in [3.05, 3.63) is 5.82 Å². The molecule has 2 rings (SSSR count). The van der Waals surface area contributed by atoms with Crippen LogP contribution in [0, 0.1) is 6.92 Å². The second kappa shape index (κ2) is 4.18. The molecule has 5 nitrogen and oxygen atoms in total. The highest BCUT2D eigenvalue weighted by Gasteiger charge is 2.30. The smallest absolute Gasteiger partial charge is 0.324 e. The van der Waals surface area contributed by atoms with Gasteiger partial charge < -0.3 is 15.2 Å². The molecule has 1 aromatic rings. The molecule has 2 heterocycles. The predicted octanol–water partition coefficient (Wildman–Crippen LogP) is 1.08. The molecular weight excluding hydrogens is 192 g/mol. The molecule has 1 fully saturated rings. The lowest BCUT2D eigenvalue weighted by Gasteiger charge is -2.38. The van der Waals surface area contributed by atoms with Gasteiger partial charge in [-0.3, -0.25) is 0 Å². The minimum absolute atomic E-state index is 0.341. The third-order valence-electron chi connectivity index (χ3n) is 3.04. The van der Waals surface area contributed by atoms with Crippen molar-refractivity contribution in [2.75, 3.05) is 11.4 Å². The monoisotopic (exact) mass is 210 g/mol. The molecule has 0 aromatic carbocycles. The van der Waals surface area contributed by atoms with Crippen molar-refractivity contribution in [1.82, 2.24) is 10.1 Å². The van der Waals surface area contributed by atoms with E-state index >= 15 is 0 Å². The van der Waals surface area contributed by atoms with E-state index in [1.54, 1.807) is 0 Å². The maximum atomic E-state index is 5.77. The van der Waals surface area contributed by atoms with Crippen molar-refractivity contribution in [2.24, 2.45) is 5.73 Å². The van der Waals surface area contributed by atoms with Gasteiger partial charge in [0.15, 0.2) is 5.82 Å². The summed E-state index contributed by atoms with van der Waals surface area (Å²) in [4.78, 5) is 6.45. The first-order valence-electron chi connectivity index (χ1n) is 5.51. The third-order valence-corrected chi connectivity index (χ3v) is 3.04. The summed E-state index contributed by atoms with van der Waals surface area (Å²) in [6.45, 7) is 4.66. The molecular formula is C10H18N4O. The summed E-state index contributed by atoms with van der Waals surface area (Å²) in [5.74, 6) is 0.679. The van der Waals surface area contributed by atoms with Gasteiger partial charge in [0.25, 0.3) is 0 Å². The molecule has 2 unspecified atom stereocenters. The normalized spacial score (nSPS) is 27.0. The van der Waals surface area contributed by atoms with Crippen LogP contribution in [0.5, 0.6) is 0 Å². The first-order valence-corrected chi connectivity index (χ1v) is 5.51. The van der Waals surface area contributed by atoms with Crippen molar-refractivity contribution in [3.8, 4) is 0 Å². The molecule has 5 heteroatoms. The van der Waals surface area contributed by atoms with E-state index in [0.29, 0.717) is 30.5 Å². The van der Waals surface area contributed by atoms with Crippen molar-refractivity contribution in [2.45, 2.75) is 45.2 Å². The van der Waals surface area contributed by atoms with Gasteiger partial charge in [0, 0.05) is 18.6 Å². The number of nitrogens with zero attached hydrogens (tertiary/aromatic N) is 3. The van der Waals surface area contributed by atoms with Crippen LogP contribution in [0.2, 0.25) is 0 Å². The Kier molecular flexibility index (Phi) is 2.90. The lowest BCUT2D eigenvalue weighted by molar-refractivity contribution is 0.339. The average molecular weight is 210 g/mol. The summed E-state index contributed by atoms with van der Waals surface area (Å²) in [5, 5.41) is 3.83. The molecule has 1 aliphatic rings. The standard InChI is InChI=1S/C10H18N4O/c1-7-4-3-5-9(6-11)14(7)10-12-8(2)13-15-10/h7,9H,3-6,11H2,1-2H3. The van der Waals surface area contributed by atoms with Gasteiger partial charge in [-0.25, -0.2) is 0 Å². The Balaban J connectivity index is 2.22. The van der Waals surface area contributed by atoms with Gasteiger partial charge in [0.2, 0.25) is 0 Å². The van der Waals surface area contributed by atoms with Gasteiger partial charge >= 0.3 is 6.01 Å². The minimum Gasteiger partial charge on any atom is -0.328 e. The Hall–Kier alpha value is -1.10. The maximum Gasteiger partial charge on any atom is 0.324 e. The average Bonchev–Trinajstić information content (AvgIpc) is 2.64. The Labute approximate surface area is 89.6 Å². The van der Waals surface area contributed by atoms with Crippen LogP contribution >= 0.6 is 0 Å². The molecule has 15 heavy (non-hydrogen) atoms. The highest BCUT2D eigenvalue weighted by Crippen LogP contribution is 2.27. The van der Waals surface area contributed by atoms with Crippen molar-refractivity contribution in [1.29, 1.82) is 0 Å². The summed E-state index contributed by atoms with van der Waals surface area (Å²) in [7, 11) is 0. The molecule has 2 N–H and O–H groups in total. The van der Waals surface area contributed by atoms with Crippen molar-refractivity contribution in [3.63, 3.8) is 0 Å². The van der Waals surface area contributed by atoms with E-state index in [9.17, 15) is 0 Å². The van der Waals surface area contributed by atoms with E-state index in [4.69, 9.17) is 10.3 Å². The van der Waals surface area contributed by atoms with Gasteiger partial charge in [-0.15, -0.1) is 0 Å². The molecule has 1 aromatic heterocycles. The van der Waals surface area contributed by atoms with E-state index in [2.05, 4.69) is 22.0 Å². The molecule has 0 amide bonds. The van der Waals surface area contributed by atoms with Crippen LogP contribution in [0.15, 0.2) is 4.52 Å². The molecule has 1 saturated heterocycles. The number of nitrogens with two attached hydrogens (primary N) is 1. The summed E-state index contributed by atoms with van der Waals surface area (Å²) < 4.78 is 5.22. The Morgan fingerprint density at radius 1 is 1.53 bits per heavy atom. The fraction of sp³-hybridized carbons (Fsp3) is 0.800. The quantitative estimate of drug-likeness (QED) is 0.791. The van der Waals surface area contributed by atoms with E-state index < -0.39 is 0 Å². The number of rotatable bonds is 2. The molecule has 0 bridgehead atoms. The number of aryl methyl sites for hydroxylation is 1. The van der Waals surface area contributed by atoms with Crippen LogP contribution in [0.1, 0.15) is 32.0 Å². The number of hydrogen-bond acceptors (Lipinski definition) is 5. The lowest BCUT2D eigenvalue weighted by Crippen LogP contribution is -2.49. The third kappa shape index (κ3) is 1.97. The van der Waals surface area contributed by atoms with Gasteiger partial charge in [-0.2, -0.15) is 4.98 Å².